The maximum absolute atomic E-state index is 10.5. The zero-order valence-corrected chi connectivity index (χ0v) is 11.9. The van der Waals surface area contributed by atoms with Crippen LogP contribution in [0.3, 0.4) is 0 Å². The van der Waals surface area contributed by atoms with E-state index in [0.717, 1.165) is 5.56 Å². The highest BCUT2D eigenvalue weighted by Gasteiger charge is 2.12. The fraction of sp³-hybridized carbons (Fsp3) is 0.500. The standard InChI is InChI=1S/C14H20ClNO2/c1-10-4-5-12(8-11(10)2)13(15)9-16(3)7-6-14(17)18/h4-5,8,13H,6-7,9H2,1-3H3,(H,17,18). The van der Waals surface area contributed by atoms with Gasteiger partial charge in [0, 0.05) is 13.1 Å². The van der Waals surface area contributed by atoms with E-state index in [9.17, 15) is 4.79 Å². The predicted octanol–water partition coefficient (Wildman–Crippen LogP) is 2.99. The molecule has 0 amide bonds. The van der Waals surface area contributed by atoms with Crippen LogP contribution < -0.4 is 0 Å². The van der Waals surface area contributed by atoms with Crippen LogP contribution in [0.5, 0.6) is 0 Å². The first-order valence-corrected chi connectivity index (χ1v) is 6.45. The van der Waals surface area contributed by atoms with Crippen LogP contribution in [0, 0.1) is 13.8 Å². The molecule has 1 rings (SSSR count). The number of likely N-dealkylation sites (N-methyl/N-ethyl adjacent to an activating group) is 1. The zero-order chi connectivity index (χ0) is 13.7. The van der Waals surface area contributed by atoms with E-state index in [4.69, 9.17) is 16.7 Å². The molecule has 0 aromatic heterocycles. The Morgan fingerprint density at radius 3 is 2.61 bits per heavy atom. The number of aliphatic carboxylic acids is 1. The normalized spacial score (nSPS) is 12.7. The van der Waals surface area contributed by atoms with Gasteiger partial charge in [-0.15, -0.1) is 11.6 Å². The van der Waals surface area contributed by atoms with E-state index in [1.54, 1.807) is 0 Å². The number of halogens is 1. The Morgan fingerprint density at radius 1 is 1.39 bits per heavy atom. The summed E-state index contributed by atoms with van der Waals surface area (Å²) in [6, 6.07) is 6.19. The van der Waals surface area contributed by atoms with Crippen LogP contribution in [-0.4, -0.2) is 36.1 Å². The van der Waals surface area contributed by atoms with Gasteiger partial charge < -0.3 is 10.0 Å². The molecule has 0 radical (unpaired) electrons. The molecule has 0 heterocycles. The van der Waals surface area contributed by atoms with Crippen LogP contribution in [0.15, 0.2) is 18.2 Å². The van der Waals surface area contributed by atoms with Crippen molar-refractivity contribution >= 4 is 17.6 Å². The number of alkyl halides is 1. The molecule has 0 spiro atoms. The average molecular weight is 270 g/mol. The molecule has 4 heteroatoms. The van der Waals surface area contributed by atoms with Crippen LogP contribution in [-0.2, 0) is 4.79 Å². The largest absolute Gasteiger partial charge is 0.481 e. The molecule has 0 bridgehead atoms. The number of rotatable bonds is 6. The highest BCUT2D eigenvalue weighted by atomic mass is 35.5. The first kappa shape index (κ1) is 15.0. The quantitative estimate of drug-likeness (QED) is 0.807. The lowest BCUT2D eigenvalue weighted by Gasteiger charge is -2.20. The molecule has 1 atom stereocenters. The van der Waals surface area contributed by atoms with Crippen molar-refractivity contribution in [3.63, 3.8) is 0 Å². The van der Waals surface area contributed by atoms with E-state index in [2.05, 4.69) is 26.0 Å². The van der Waals surface area contributed by atoms with Gasteiger partial charge in [0.1, 0.15) is 0 Å². The summed E-state index contributed by atoms with van der Waals surface area (Å²) in [6.07, 6.45) is 0.146. The minimum atomic E-state index is -0.779. The third-order valence-electron chi connectivity index (χ3n) is 3.07. The number of carbonyl (C=O) groups is 1. The Morgan fingerprint density at radius 2 is 2.06 bits per heavy atom. The lowest BCUT2D eigenvalue weighted by Crippen LogP contribution is -2.25. The Kier molecular flexibility index (Phi) is 5.63. The molecule has 0 saturated heterocycles. The Balaban J connectivity index is 2.56. The number of aryl methyl sites for hydroxylation is 2. The van der Waals surface area contributed by atoms with Gasteiger partial charge in [-0.25, -0.2) is 0 Å². The number of carboxylic acids is 1. The summed E-state index contributed by atoms with van der Waals surface area (Å²) in [6.45, 7) is 5.30. The van der Waals surface area contributed by atoms with Gasteiger partial charge in [0.2, 0.25) is 0 Å². The summed E-state index contributed by atoms with van der Waals surface area (Å²) >= 11 is 6.35. The Hall–Kier alpha value is -1.06. The Bertz CT molecular complexity index is 420. The first-order valence-electron chi connectivity index (χ1n) is 6.01. The van der Waals surface area contributed by atoms with Crippen molar-refractivity contribution in [2.45, 2.75) is 25.6 Å². The minimum absolute atomic E-state index is 0.108. The van der Waals surface area contributed by atoms with Crippen LogP contribution in [0.4, 0.5) is 0 Å². The van der Waals surface area contributed by atoms with E-state index in [0.29, 0.717) is 13.1 Å². The van der Waals surface area contributed by atoms with Crippen molar-refractivity contribution in [3.05, 3.63) is 34.9 Å². The summed E-state index contributed by atoms with van der Waals surface area (Å²) in [5, 5.41) is 8.51. The van der Waals surface area contributed by atoms with Crippen molar-refractivity contribution in [1.29, 1.82) is 0 Å². The summed E-state index contributed by atoms with van der Waals surface area (Å²) < 4.78 is 0. The molecule has 1 unspecified atom stereocenters. The zero-order valence-electron chi connectivity index (χ0n) is 11.1. The fourth-order valence-corrected chi connectivity index (χ4v) is 2.09. The van der Waals surface area contributed by atoms with Gasteiger partial charge in [-0.2, -0.15) is 0 Å². The van der Waals surface area contributed by atoms with Gasteiger partial charge >= 0.3 is 5.97 Å². The molecule has 1 aromatic rings. The minimum Gasteiger partial charge on any atom is -0.481 e. The van der Waals surface area contributed by atoms with Crippen LogP contribution in [0.2, 0.25) is 0 Å². The molecule has 1 N–H and O–H groups in total. The molecular formula is C14H20ClNO2. The van der Waals surface area contributed by atoms with Crippen molar-refractivity contribution in [2.75, 3.05) is 20.1 Å². The molecule has 3 nitrogen and oxygen atoms in total. The van der Waals surface area contributed by atoms with Crippen LogP contribution in [0.25, 0.3) is 0 Å². The molecule has 0 fully saturated rings. The van der Waals surface area contributed by atoms with Crippen LogP contribution >= 0.6 is 11.6 Å². The molecular weight excluding hydrogens is 250 g/mol. The van der Waals surface area contributed by atoms with E-state index in [-0.39, 0.29) is 11.8 Å². The third-order valence-corrected chi connectivity index (χ3v) is 3.46. The second kappa shape index (κ2) is 6.76. The van der Waals surface area contributed by atoms with E-state index >= 15 is 0 Å². The number of hydrogen-bond donors (Lipinski definition) is 1. The lowest BCUT2D eigenvalue weighted by atomic mass is 10.0. The molecule has 0 aliphatic rings. The van der Waals surface area contributed by atoms with Gasteiger partial charge in [-0.1, -0.05) is 18.2 Å². The number of carboxylic acid groups (broad SMARTS) is 1. The van der Waals surface area contributed by atoms with Crippen molar-refractivity contribution in [2.24, 2.45) is 0 Å². The average Bonchev–Trinajstić information content (AvgIpc) is 2.30. The fourth-order valence-electron chi connectivity index (χ4n) is 1.72. The van der Waals surface area contributed by atoms with E-state index in [1.165, 1.54) is 11.1 Å². The van der Waals surface area contributed by atoms with Gasteiger partial charge in [-0.05, 0) is 37.6 Å². The number of benzene rings is 1. The van der Waals surface area contributed by atoms with Crippen molar-refractivity contribution < 1.29 is 9.90 Å². The SMILES string of the molecule is Cc1ccc(C(Cl)CN(C)CCC(=O)O)cc1C. The maximum atomic E-state index is 10.5. The summed E-state index contributed by atoms with van der Waals surface area (Å²) in [5.74, 6) is -0.779. The second-order valence-corrected chi connectivity index (χ2v) is 5.24. The summed E-state index contributed by atoms with van der Waals surface area (Å²) in [4.78, 5) is 12.4. The second-order valence-electron chi connectivity index (χ2n) is 4.72. The summed E-state index contributed by atoms with van der Waals surface area (Å²) in [7, 11) is 1.89. The van der Waals surface area contributed by atoms with Crippen molar-refractivity contribution in [3.8, 4) is 0 Å². The topological polar surface area (TPSA) is 40.5 Å². The molecule has 18 heavy (non-hydrogen) atoms. The van der Waals surface area contributed by atoms with Gasteiger partial charge in [0.15, 0.2) is 0 Å². The van der Waals surface area contributed by atoms with Crippen molar-refractivity contribution in [1.82, 2.24) is 4.90 Å². The third kappa shape index (κ3) is 4.67. The molecule has 0 aliphatic carbocycles. The van der Waals surface area contributed by atoms with E-state index in [1.807, 2.05) is 18.0 Å². The van der Waals surface area contributed by atoms with Gasteiger partial charge in [-0.3, -0.25) is 4.79 Å². The summed E-state index contributed by atoms with van der Waals surface area (Å²) in [5.41, 5.74) is 3.56. The Labute approximate surface area is 113 Å². The smallest absolute Gasteiger partial charge is 0.304 e. The van der Waals surface area contributed by atoms with E-state index < -0.39 is 5.97 Å². The van der Waals surface area contributed by atoms with Gasteiger partial charge in [0.25, 0.3) is 0 Å². The molecule has 0 saturated carbocycles. The monoisotopic (exact) mass is 269 g/mol. The number of hydrogen-bond acceptors (Lipinski definition) is 2. The molecule has 0 aliphatic heterocycles. The predicted molar refractivity (Wildman–Crippen MR) is 74.3 cm³/mol. The van der Waals surface area contributed by atoms with Crippen LogP contribution in [0.1, 0.15) is 28.5 Å². The first-order chi connectivity index (χ1) is 8.40. The highest BCUT2D eigenvalue weighted by Crippen LogP contribution is 2.23. The maximum Gasteiger partial charge on any atom is 0.304 e. The number of nitrogens with zero attached hydrogens (tertiary/aromatic N) is 1. The molecule has 100 valence electrons. The molecule has 1 aromatic carbocycles. The van der Waals surface area contributed by atoms with Gasteiger partial charge in [0.05, 0.1) is 11.8 Å². The highest BCUT2D eigenvalue weighted by molar-refractivity contribution is 6.21. The lowest BCUT2D eigenvalue weighted by molar-refractivity contribution is -0.137.